The number of alkyl halides is 3. The zero-order valence-corrected chi connectivity index (χ0v) is 25.9. The van der Waals surface area contributed by atoms with Gasteiger partial charge >= 0.3 is 18.4 Å². The molecule has 1 heterocycles. The van der Waals surface area contributed by atoms with E-state index >= 15 is 0 Å². The Morgan fingerprint density at radius 3 is 2.28 bits per heavy atom. The van der Waals surface area contributed by atoms with E-state index in [-0.39, 0.29) is 24.3 Å². The topological polar surface area (TPSA) is 152 Å². The summed E-state index contributed by atoms with van der Waals surface area (Å²) in [5, 5.41) is 24.5. The van der Waals surface area contributed by atoms with Crippen LogP contribution >= 0.6 is 0 Å². The van der Waals surface area contributed by atoms with E-state index in [0.717, 1.165) is 11.0 Å². The van der Waals surface area contributed by atoms with Gasteiger partial charge < -0.3 is 31.0 Å². The number of ether oxygens (including phenoxy) is 1. The number of nitrogens with one attached hydrogen (secondary N) is 4. The average Bonchev–Trinajstić information content (AvgIpc) is 3.48. The molecule has 3 aromatic rings. The molecule has 0 aliphatic carbocycles. The number of hydrogen-bond acceptors (Lipinski definition) is 7. The van der Waals surface area contributed by atoms with E-state index < -0.39 is 53.8 Å². The number of halogens is 3. The number of carboxylic acid groups (broad SMARTS) is 1. The number of hydrazine groups is 1. The fraction of sp³-hybridized carbons (Fsp3) is 0.303. The van der Waals surface area contributed by atoms with Gasteiger partial charge in [0, 0.05) is 18.8 Å². The minimum Gasteiger partial charge on any atom is -0.465 e. The Balaban J connectivity index is 1.59. The normalized spacial score (nSPS) is 16.8. The van der Waals surface area contributed by atoms with Crippen LogP contribution in [-0.4, -0.2) is 58.1 Å². The highest BCUT2D eigenvalue weighted by atomic mass is 19.4. The van der Waals surface area contributed by atoms with Crippen LogP contribution in [-0.2, 0) is 21.6 Å². The molecule has 3 amide bonds. The summed E-state index contributed by atoms with van der Waals surface area (Å²) in [6.45, 7) is 4.34. The van der Waals surface area contributed by atoms with Gasteiger partial charge in [-0.2, -0.15) is 13.2 Å². The van der Waals surface area contributed by atoms with Crippen molar-refractivity contribution in [2.75, 3.05) is 18.5 Å². The van der Waals surface area contributed by atoms with E-state index in [1.807, 2.05) is 0 Å². The van der Waals surface area contributed by atoms with E-state index in [1.54, 1.807) is 69.3 Å². The van der Waals surface area contributed by atoms with Gasteiger partial charge in [-0.15, -0.1) is 0 Å². The van der Waals surface area contributed by atoms with E-state index in [9.17, 15) is 37.8 Å². The lowest BCUT2D eigenvalue weighted by atomic mass is 9.88. The first-order chi connectivity index (χ1) is 22.1. The van der Waals surface area contributed by atoms with E-state index in [2.05, 4.69) is 21.5 Å². The van der Waals surface area contributed by atoms with E-state index in [4.69, 9.17) is 4.74 Å². The first-order valence-electron chi connectivity index (χ1n) is 14.6. The lowest BCUT2D eigenvalue weighted by Gasteiger charge is -2.30. The van der Waals surface area contributed by atoms with Crippen LogP contribution in [0.5, 0.6) is 0 Å². The highest BCUT2D eigenvalue weighted by Crippen LogP contribution is 2.43. The van der Waals surface area contributed by atoms with Crippen molar-refractivity contribution in [3.63, 3.8) is 0 Å². The second-order valence-corrected chi connectivity index (χ2v) is 11.8. The predicted molar refractivity (Wildman–Crippen MR) is 167 cm³/mol. The van der Waals surface area contributed by atoms with Crippen molar-refractivity contribution in [3.8, 4) is 0 Å². The van der Waals surface area contributed by atoms with Crippen LogP contribution < -0.4 is 21.5 Å². The largest absolute Gasteiger partial charge is 0.465 e. The molecule has 0 bridgehead atoms. The van der Waals surface area contributed by atoms with Gasteiger partial charge in [-0.05, 0) is 61.2 Å². The van der Waals surface area contributed by atoms with Crippen LogP contribution in [0.15, 0.2) is 90.6 Å². The lowest BCUT2D eigenvalue weighted by molar-refractivity contribution is -0.184. The van der Waals surface area contributed by atoms with E-state index in [0.29, 0.717) is 16.7 Å². The monoisotopic (exact) mass is 655 g/mol. The second-order valence-electron chi connectivity index (χ2n) is 11.8. The van der Waals surface area contributed by atoms with Crippen molar-refractivity contribution in [3.05, 3.63) is 113 Å². The maximum atomic E-state index is 14.7. The van der Waals surface area contributed by atoms with Crippen LogP contribution in [0.2, 0.25) is 0 Å². The number of carbonyl (C=O) groups excluding carboxylic acids is 2. The van der Waals surface area contributed by atoms with Gasteiger partial charge in [-0.1, -0.05) is 66.7 Å². The second kappa shape index (κ2) is 14.1. The molecular weight excluding hydrogens is 619 g/mol. The Kier molecular flexibility index (Phi) is 10.5. The van der Waals surface area contributed by atoms with Crippen LogP contribution in [0.4, 0.5) is 28.4 Å². The molecule has 0 radical (unpaired) electrons. The van der Waals surface area contributed by atoms with Gasteiger partial charge in [-0.3, -0.25) is 9.69 Å². The molecule has 0 saturated carbocycles. The number of hydrogen-bond donors (Lipinski definition) is 6. The Morgan fingerprint density at radius 2 is 1.64 bits per heavy atom. The maximum Gasteiger partial charge on any atom is 0.416 e. The quantitative estimate of drug-likeness (QED) is 0.175. The summed E-state index contributed by atoms with van der Waals surface area (Å²) in [6, 6.07) is 19.6. The zero-order valence-electron chi connectivity index (χ0n) is 25.9. The Bertz CT molecular complexity index is 1630. The third-order valence-corrected chi connectivity index (χ3v) is 7.14. The van der Waals surface area contributed by atoms with Crippen LogP contribution in [0.3, 0.4) is 0 Å². The number of anilines is 1. The first kappa shape index (κ1) is 34.8. The van der Waals surface area contributed by atoms with Crippen molar-refractivity contribution in [2.45, 2.75) is 50.7 Å². The van der Waals surface area contributed by atoms with Crippen LogP contribution in [0.25, 0.3) is 0 Å². The highest BCUT2D eigenvalue weighted by Gasteiger charge is 2.57. The SMILES string of the molecule is CC(C)(C)OC(=O)NCc1cccc(C2(C(F)(F)F)C=C(C(=O)Nc3cccc(C(c4ccccc4)N(CCO)C(=O)O)c3)NN2)c1. The molecule has 3 aromatic carbocycles. The molecule has 1 aliphatic heterocycles. The fourth-order valence-corrected chi connectivity index (χ4v) is 5.08. The predicted octanol–water partition coefficient (Wildman–Crippen LogP) is 5.16. The maximum absolute atomic E-state index is 14.7. The van der Waals surface area contributed by atoms with Crippen LogP contribution in [0.1, 0.15) is 49.1 Å². The Hall–Kier alpha value is -5.08. The molecule has 14 heteroatoms. The van der Waals surface area contributed by atoms with Gasteiger partial charge in [0.25, 0.3) is 5.91 Å². The standard InChI is InChI=1S/C33H36F3N5O6/c1-31(2,3)47-29(44)37-20-21-9-7-13-24(17-21)32(33(34,35)36)19-26(39-40-32)28(43)38-25-14-8-12-23(18-25)27(22-10-5-4-6-11-22)41(15-16-42)30(45)46/h4-14,17-19,27,39-40,42H,15-16,20H2,1-3H3,(H,37,44)(H,38,43)(H,45,46). The Labute approximate surface area is 269 Å². The van der Waals surface area contributed by atoms with Crippen molar-refractivity contribution in [2.24, 2.45) is 0 Å². The minimum absolute atomic E-state index is 0.0981. The zero-order chi connectivity index (χ0) is 34.4. The molecule has 2 unspecified atom stereocenters. The van der Waals surface area contributed by atoms with Gasteiger partial charge in [-0.25, -0.2) is 15.0 Å². The van der Waals surface area contributed by atoms with Gasteiger partial charge in [0.15, 0.2) is 5.54 Å². The van der Waals surface area contributed by atoms with Crippen molar-refractivity contribution >= 4 is 23.8 Å². The average molecular weight is 656 g/mol. The number of alkyl carbamates (subject to hydrolysis) is 1. The number of amides is 3. The number of nitrogens with zero attached hydrogens (tertiary/aromatic N) is 1. The molecule has 6 N–H and O–H groups in total. The fourth-order valence-electron chi connectivity index (χ4n) is 5.08. The molecule has 4 rings (SSSR count). The van der Waals surface area contributed by atoms with E-state index in [1.165, 1.54) is 30.3 Å². The van der Waals surface area contributed by atoms with Crippen molar-refractivity contribution in [1.82, 2.24) is 21.1 Å². The Morgan fingerprint density at radius 1 is 0.957 bits per heavy atom. The number of aliphatic hydroxyl groups is 1. The van der Waals surface area contributed by atoms with Crippen molar-refractivity contribution < 1.29 is 42.5 Å². The third-order valence-electron chi connectivity index (χ3n) is 7.14. The third kappa shape index (κ3) is 8.40. The number of aliphatic hydroxyl groups excluding tert-OH is 1. The van der Waals surface area contributed by atoms with Crippen LogP contribution in [0, 0.1) is 0 Å². The molecular formula is C33H36F3N5O6. The minimum atomic E-state index is -4.89. The molecule has 0 spiro atoms. The molecule has 250 valence electrons. The summed E-state index contributed by atoms with van der Waals surface area (Å²) in [5.41, 5.74) is 2.04. The molecule has 2 atom stereocenters. The smallest absolute Gasteiger partial charge is 0.416 e. The molecule has 47 heavy (non-hydrogen) atoms. The summed E-state index contributed by atoms with van der Waals surface area (Å²) in [7, 11) is 0. The summed E-state index contributed by atoms with van der Waals surface area (Å²) < 4.78 is 49.2. The van der Waals surface area contributed by atoms with Gasteiger partial charge in [0.05, 0.1) is 12.6 Å². The number of carbonyl (C=O) groups is 3. The number of rotatable bonds is 10. The summed E-state index contributed by atoms with van der Waals surface area (Å²) in [4.78, 5) is 38.5. The molecule has 0 saturated heterocycles. The summed E-state index contributed by atoms with van der Waals surface area (Å²) >= 11 is 0. The molecule has 0 fully saturated rings. The van der Waals surface area contributed by atoms with Gasteiger partial charge in [0.2, 0.25) is 0 Å². The molecule has 0 aromatic heterocycles. The molecule has 11 nitrogen and oxygen atoms in total. The summed E-state index contributed by atoms with van der Waals surface area (Å²) in [5.74, 6) is -0.884. The summed E-state index contributed by atoms with van der Waals surface area (Å²) in [6.07, 6.45) is -6.15. The van der Waals surface area contributed by atoms with Crippen molar-refractivity contribution in [1.29, 1.82) is 0 Å². The number of benzene rings is 3. The molecule has 1 aliphatic rings. The van der Waals surface area contributed by atoms with Gasteiger partial charge in [0.1, 0.15) is 11.3 Å². The highest BCUT2D eigenvalue weighted by molar-refractivity contribution is 6.03. The lowest BCUT2D eigenvalue weighted by Crippen LogP contribution is -2.53. The first-order valence-corrected chi connectivity index (χ1v) is 14.6.